The molecule has 2 atom stereocenters. The molecule has 0 fully saturated rings. The number of imide groups is 2. The van der Waals surface area contributed by atoms with Crippen LogP contribution in [-0.2, 0) is 36.8 Å². The van der Waals surface area contributed by atoms with Gasteiger partial charge in [-0.25, -0.2) is 0 Å². The number of hydrogen-bond acceptors (Lipinski definition) is 9. The molecule has 0 spiro atoms. The molecule has 2 heterocycles. The molecule has 2 aliphatic rings. The van der Waals surface area contributed by atoms with Crippen LogP contribution in [0.25, 0.3) is 10.8 Å². The van der Waals surface area contributed by atoms with E-state index in [2.05, 4.69) is 0 Å². The standard InChI is InChI=1S/C48H47N2O10P/c1-32(2)28-48(46(55)59-29-33-16-6-3-7-17-33,47(56)60-30-34-18-8-4-9-19-34)40(26-10-5-13-27-49-42(51)36-22-11-12-23-37(36)43(49)52)61(57,58)31-50-44(53)38-24-14-20-35-21-15-25-39(41(35)38)45(50)54/h3-4,6-9,11-12,14-25,32,40H,5,10,13,26-31H2,1-2H3,(H,57,58). The molecule has 12 nitrogen and oxygen atoms in total. The zero-order valence-electron chi connectivity index (χ0n) is 34.0. The first-order valence-corrected chi connectivity index (χ1v) is 22.3. The van der Waals surface area contributed by atoms with Crippen LogP contribution in [0.1, 0.15) is 98.5 Å². The Labute approximate surface area is 353 Å². The Balaban J connectivity index is 1.24. The van der Waals surface area contributed by atoms with Gasteiger partial charge < -0.3 is 14.4 Å². The van der Waals surface area contributed by atoms with Crippen molar-refractivity contribution < 1.29 is 47.7 Å². The third-order valence-electron chi connectivity index (χ3n) is 11.4. The minimum absolute atomic E-state index is 0.0743. The number of unbranched alkanes of at least 4 members (excludes halogenated alkanes) is 2. The maximum Gasteiger partial charge on any atom is 0.324 e. The normalized spacial score (nSPS) is 15.2. The Hall–Kier alpha value is -6.23. The fourth-order valence-electron chi connectivity index (χ4n) is 8.54. The predicted octanol–water partition coefficient (Wildman–Crippen LogP) is 8.41. The van der Waals surface area contributed by atoms with Gasteiger partial charge in [0.2, 0.25) is 7.37 Å². The second-order valence-corrected chi connectivity index (χ2v) is 18.4. The molecular weight excluding hydrogens is 796 g/mol. The molecule has 5 aromatic carbocycles. The van der Waals surface area contributed by atoms with E-state index < -0.39 is 66.2 Å². The Kier molecular flexibility index (Phi) is 12.8. The number of carbonyl (C=O) groups excluding carboxylic acids is 6. The van der Waals surface area contributed by atoms with E-state index in [4.69, 9.17) is 9.47 Å². The molecule has 0 saturated heterocycles. The number of esters is 2. The largest absolute Gasteiger partial charge is 0.460 e. The number of hydrogen-bond donors (Lipinski definition) is 1. The number of benzene rings is 5. The highest BCUT2D eigenvalue weighted by Crippen LogP contribution is 2.59. The smallest absolute Gasteiger partial charge is 0.324 e. The van der Waals surface area contributed by atoms with Crippen LogP contribution in [0.5, 0.6) is 0 Å². The first-order valence-electron chi connectivity index (χ1n) is 20.4. The fraction of sp³-hybridized carbons (Fsp3) is 0.292. The third kappa shape index (κ3) is 8.69. The Morgan fingerprint density at radius 2 is 1.07 bits per heavy atom. The van der Waals surface area contributed by atoms with Crippen molar-refractivity contribution >= 4 is 53.7 Å². The van der Waals surface area contributed by atoms with Crippen molar-refractivity contribution in [3.63, 3.8) is 0 Å². The molecule has 2 unspecified atom stereocenters. The zero-order chi connectivity index (χ0) is 43.3. The highest BCUT2D eigenvalue weighted by molar-refractivity contribution is 7.59. The number of fused-ring (bicyclic) bond motifs is 1. The van der Waals surface area contributed by atoms with Gasteiger partial charge in [-0.15, -0.1) is 0 Å². The van der Waals surface area contributed by atoms with Gasteiger partial charge in [-0.2, -0.15) is 0 Å². The predicted molar refractivity (Wildman–Crippen MR) is 228 cm³/mol. The summed E-state index contributed by atoms with van der Waals surface area (Å²) in [7, 11) is -4.98. The van der Waals surface area contributed by atoms with Gasteiger partial charge in [0.25, 0.3) is 23.6 Å². The van der Waals surface area contributed by atoms with E-state index in [9.17, 15) is 33.7 Å². The molecule has 2 aliphatic heterocycles. The average Bonchev–Trinajstić information content (AvgIpc) is 3.51. The van der Waals surface area contributed by atoms with Gasteiger partial charge >= 0.3 is 11.9 Å². The number of amides is 4. The van der Waals surface area contributed by atoms with Gasteiger partial charge in [-0.05, 0) is 66.0 Å². The van der Waals surface area contributed by atoms with Gasteiger partial charge in [0.15, 0.2) is 5.41 Å². The van der Waals surface area contributed by atoms with Gasteiger partial charge in [-0.1, -0.05) is 124 Å². The number of rotatable bonds is 18. The summed E-state index contributed by atoms with van der Waals surface area (Å²) in [5, 5.41) is 1.09. The molecule has 0 radical (unpaired) electrons. The SMILES string of the molecule is CC(C)CC(C(=O)OCc1ccccc1)(C(=O)OCc1ccccc1)C(CCCCCN1C(=O)c2ccccc2C1=O)P(=O)(O)CN1C(=O)c2cccc3cccc(c23)C1=O. The second-order valence-electron chi connectivity index (χ2n) is 16.0. The average molecular weight is 843 g/mol. The van der Waals surface area contributed by atoms with Crippen LogP contribution in [-0.4, -0.2) is 68.8 Å². The summed E-state index contributed by atoms with van der Waals surface area (Å²) >= 11 is 0. The molecule has 61 heavy (non-hydrogen) atoms. The lowest BCUT2D eigenvalue weighted by molar-refractivity contribution is -0.176. The number of carbonyl (C=O) groups is 6. The molecule has 0 bridgehead atoms. The van der Waals surface area contributed by atoms with Gasteiger partial charge in [0.1, 0.15) is 19.5 Å². The van der Waals surface area contributed by atoms with Crippen molar-refractivity contribution in [2.24, 2.45) is 11.3 Å². The summed E-state index contributed by atoms with van der Waals surface area (Å²) in [6.45, 7) is 3.10. The number of nitrogens with zero attached hydrogens (tertiary/aromatic N) is 2. The molecule has 5 aromatic rings. The van der Waals surface area contributed by atoms with E-state index in [-0.39, 0.29) is 50.1 Å². The summed E-state index contributed by atoms with van der Waals surface area (Å²) in [6, 6.07) is 34.1. The highest BCUT2D eigenvalue weighted by atomic mass is 31.2. The first kappa shape index (κ1) is 42.9. The van der Waals surface area contributed by atoms with Gasteiger partial charge in [-0.3, -0.25) is 43.1 Å². The molecule has 0 saturated carbocycles. The van der Waals surface area contributed by atoms with Crippen molar-refractivity contribution in [2.45, 2.75) is 64.8 Å². The van der Waals surface area contributed by atoms with E-state index in [1.54, 1.807) is 135 Å². The molecular formula is C48H47N2O10P. The topological polar surface area (TPSA) is 165 Å². The van der Waals surface area contributed by atoms with E-state index in [1.807, 2.05) is 0 Å². The maximum absolute atomic E-state index is 15.4. The van der Waals surface area contributed by atoms with Crippen molar-refractivity contribution in [1.29, 1.82) is 0 Å². The van der Waals surface area contributed by atoms with Crippen LogP contribution in [0.2, 0.25) is 0 Å². The quantitative estimate of drug-likeness (QED) is 0.0298. The van der Waals surface area contributed by atoms with Crippen molar-refractivity contribution in [1.82, 2.24) is 9.80 Å². The Bertz CT molecular complexity index is 2400. The van der Waals surface area contributed by atoms with Crippen molar-refractivity contribution in [3.05, 3.63) is 155 Å². The van der Waals surface area contributed by atoms with Crippen LogP contribution in [0.3, 0.4) is 0 Å². The summed E-state index contributed by atoms with van der Waals surface area (Å²) in [5.74, 6) is -4.95. The monoisotopic (exact) mass is 842 g/mol. The highest BCUT2D eigenvalue weighted by Gasteiger charge is 2.61. The summed E-state index contributed by atoms with van der Waals surface area (Å²) < 4.78 is 27.2. The van der Waals surface area contributed by atoms with Crippen LogP contribution >= 0.6 is 7.37 Å². The minimum Gasteiger partial charge on any atom is -0.460 e. The molecule has 4 amide bonds. The third-order valence-corrected chi connectivity index (χ3v) is 13.7. The second kappa shape index (κ2) is 18.2. The molecule has 13 heteroatoms. The molecule has 314 valence electrons. The van der Waals surface area contributed by atoms with Gasteiger partial charge in [0.05, 0.1) is 16.8 Å². The van der Waals surface area contributed by atoms with Crippen molar-refractivity contribution in [3.8, 4) is 0 Å². The van der Waals surface area contributed by atoms with Crippen LogP contribution in [0.15, 0.2) is 121 Å². The van der Waals surface area contributed by atoms with Gasteiger partial charge in [0, 0.05) is 23.1 Å². The maximum atomic E-state index is 15.4. The zero-order valence-corrected chi connectivity index (χ0v) is 34.9. The molecule has 1 N–H and O–H groups in total. The van der Waals surface area contributed by atoms with Crippen LogP contribution < -0.4 is 0 Å². The molecule has 0 aromatic heterocycles. The lowest BCUT2D eigenvalue weighted by Gasteiger charge is -2.41. The molecule has 0 aliphatic carbocycles. The van der Waals surface area contributed by atoms with Crippen molar-refractivity contribution in [2.75, 3.05) is 12.8 Å². The lowest BCUT2D eigenvalue weighted by Crippen LogP contribution is -2.53. The van der Waals surface area contributed by atoms with E-state index in [1.165, 1.54) is 0 Å². The summed E-state index contributed by atoms with van der Waals surface area (Å²) in [4.78, 5) is 98.6. The fourth-order valence-corrected chi connectivity index (χ4v) is 11.0. The summed E-state index contributed by atoms with van der Waals surface area (Å²) in [6.07, 6.45) is -0.690. The minimum atomic E-state index is -4.98. The van der Waals surface area contributed by atoms with E-state index in [0.29, 0.717) is 45.9 Å². The Morgan fingerprint density at radius 1 is 0.607 bits per heavy atom. The number of ether oxygens (including phenoxy) is 2. The van der Waals surface area contributed by atoms with Crippen LogP contribution in [0.4, 0.5) is 0 Å². The Morgan fingerprint density at radius 3 is 1.56 bits per heavy atom. The first-order chi connectivity index (χ1) is 29.3. The van der Waals surface area contributed by atoms with E-state index in [0.717, 1.165) is 9.80 Å². The summed E-state index contributed by atoms with van der Waals surface area (Å²) in [5.41, 5.74) is -1.88. The van der Waals surface area contributed by atoms with E-state index >= 15 is 4.57 Å². The van der Waals surface area contributed by atoms with Crippen LogP contribution in [0, 0.1) is 11.3 Å². The molecule has 7 rings (SSSR count). The lowest BCUT2D eigenvalue weighted by atomic mass is 9.75.